The first-order chi connectivity index (χ1) is 13.4. The van der Waals surface area contributed by atoms with Gasteiger partial charge >= 0.3 is 0 Å². The molecule has 0 fully saturated rings. The van der Waals surface area contributed by atoms with Crippen LogP contribution in [0.3, 0.4) is 0 Å². The standard InChI is InChI=1S/C23H21ClFNO2/c1-15(17-8-11-20(25)12-9-17)26-23(27)16(2)28-22-13-10-19(14-21(22)24)18-6-4-3-5-7-18/h3-16H,1-2H3,(H,26,27)/t15-,16+/m1/s1. The zero-order valence-corrected chi connectivity index (χ0v) is 16.4. The van der Waals surface area contributed by atoms with Crippen LogP contribution in [0.25, 0.3) is 11.1 Å². The minimum absolute atomic E-state index is 0.268. The van der Waals surface area contributed by atoms with E-state index in [0.717, 1.165) is 16.7 Å². The molecule has 3 aromatic carbocycles. The molecule has 0 saturated carbocycles. The third-order valence-corrected chi connectivity index (χ3v) is 4.74. The number of rotatable bonds is 6. The minimum Gasteiger partial charge on any atom is -0.479 e. The van der Waals surface area contributed by atoms with Gasteiger partial charge in [0.1, 0.15) is 11.6 Å². The monoisotopic (exact) mass is 397 g/mol. The smallest absolute Gasteiger partial charge is 0.261 e. The molecule has 0 unspecified atom stereocenters. The molecule has 0 aliphatic carbocycles. The van der Waals surface area contributed by atoms with Crippen molar-refractivity contribution in [3.8, 4) is 16.9 Å². The van der Waals surface area contributed by atoms with Gasteiger partial charge in [-0.3, -0.25) is 4.79 Å². The Morgan fingerprint density at radius 2 is 1.64 bits per heavy atom. The summed E-state index contributed by atoms with van der Waals surface area (Å²) in [6.07, 6.45) is -0.733. The van der Waals surface area contributed by atoms with Gasteiger partial charge < -0.3 is 10.1 Å². The maximum atomic E-state index is 13.0. The predicted molar refractivity (Wildman–Crippen MR) is 110 cm³/mol. The van der Waals surface area contributed by atoms with Crippen LogP contribution in [0.15, 0.2) is 72.8 Å². The lowest BCUT2D eigenvalue weighted by atomic mass is 10.1. The molecule has 0 aliphatic rings. The average molecular weight is 398 g/mol. The van der Waals surface area contributed by atoms with E-state index in [2.05, 4.69) is 5.32 Å². The second kappa shape index (κ2) is 8.89. The fourth-order valence-electron chi connectivity index (χ4n) is 2.82. The molecule has 0 spiro atoms. The van der Waals surface area contributed by atoms with E-state index in [1.807, 2.05) is 49.4 Å². The quantitative estimate of drug-likeness (QED) is 0.571. The van der Waals surface area contributed by atoms with Gasteiger partial charge in [0.25, 0.3) is 5.91 Å². The van der Waals surface area contributed by atoms with Gasteiger partial charge in [-0.25, -0.2) is 4.39 Å². The van der Waals surface area contributed by atoms with E-state index in [1.165, 1.54) is 12.1 Å². The summed E-state index contributed by atoms with van der Waals surface area (Å²) in [7, 11) is 0. The van der Waals surface area contributed by atoms with Gasteiger partial charge in [0.15, 0.2) is 6.10 Å². The van der Waals surface area contributed by atoms with E-state index in [9.17, 15) is 9.18 Å². The van der Waals surface area contributed by atoms with E-state index in [4.69, 9.17) is 16.3 Å². The van der Waals surface area contributed by atoms with E-state index in [0.29, 0.717) is 10.8 Å². The molecule has 144 valence electrons. The number of amides is 1. The fourth-order valence-corrected chi connectivity index (χ4v) is 3.04. The van der Waals surface area contributed by atoms with Gasteiger partial charge in [0.2, 0.25) is 0 Å². The van der Waals surface area contributed by atoms with Crippen molar-refractivity contribution in [1.29, 1.82) is 0 Å². The molecule has 0 heterocycles. The first-order valence-electron chi connectivity index (χ1n) is 9.01. The molecular weight excluding hydrogens is 377 g/mol. The second-order valence-electron chi connectivity index (χ2n) is 6.55. The van der Waals surface area contributed by atoms with Crippen LogP contribution in [0.1, 0.15) is 25.5 Å². The lowest BCUT2D eigenvalue weighted by Gasteiger charge is -2.19. The number of hydrogen-bond acceptors (Lipinski definition) is 2. The summed E-state index contributed by atoms with van der Waals surface area (Å²) in [6, 6.07) is 21.1. The first-order valence-corrected chi connectivity index (χ1v) is 9.39. The van der Waals surface area contributed by atoms with Crippen molar-refractivity contribution in [2.45, 2.75) is 26.0 Å². The molecule has 1 N–H and O–H groups in total. The molecule has 2 atom stereocenters. The number of nitrogens with one attached hydrogen (secondary N) is 1. The molecule has 5 heteroatoms. The highest BCUT2D eigenvalue weighted by Crippen LogP contribution is 2.31. The van der Waals surface area contributed by atoms with E-state index >= 15 is 0 Å². The van der Waals surface area contributed by atoms with Gasteiger partial charge in [-0.2, -0.15) is 0 Å². The molecule has 28 heavy (non-hydrogen) atoms. The van der Waals surface area contributed by atoms with Crippen molar-refractivity contribution >= 4 is 17.5 Å². The van der Waals surface area contributed by atoms with Crippen molar-refractivity contribution in [2.75, 3.05) is 0 Å². The summed E-state index contributed by atoms with van der Waals surface area (Å²) in [5.74, 6) is -0.147. The second-order valence-corrected chi connectivity index (χ2v) is 6.96. The van der Waals surface area contributed by atoms with E-state index in [1.54, 1.807) is 25.1 Å². The molecular formula is C23H21ClFNO2. The van der Waals surface area contributed by atoms with Crippen LogP contribution in [-0.4, -0.2) is 12.0 Å². The van der Waals surface area contributed by atoms with Gasteiger partial charge in [0.05, 0.1) is 11.1 Å². The maximum Gasteiger partial charge on any atom is 0.261 e. The number of benzene rings is 3. The van der Waals surface area contributed by atoms with Crippen LogP contribution < -0.4 is 10.1 Å². The van der Waals surface area contributed by atoms with Gasteiger partial charge in [-0.1, -0.05) is 60.1 Å². The zero-order chi connectivity index (χ0) is 20.1. The van der Waals surface area contributed by atoms with Crippen LogP contribution in [-0.2, 0) is 4.79 Å². The molecule has 0 aromatic heterocycles. The van der Waals surface area contributed by atoms with Crippen molar-refractivity contribution in [1.82, 2.24) is 5.32 Å². The molecule has 3 aromatic rings. The normalized spacial score (nSPS) is 12.9. The van der Waals surface area contributed by atoms with Crippen LogP contribution >= 0.6 is 11.6 Å². The molecule has 0 radical (unpaired) electrons. The molecule has 0 aliphatic heterocycles. The average Bonchev–Trinajstić information content (AvgIpc) is 2.70. The summed E-state index contributed by atoms with van der Waals surface area (Å²) >= 11 is 6.35. The molecule has 0 bridgehead atoms. The van der Waals surface area contributed by atoms with E-state index < -0.39 is 6.10 Å². The Hall–Kier alpha value is -2.85. The maximum absolute atomic E-state index is 13.0. The fraction of sp³-hybridized carbons (Fsp3) is 0.174. The Kier molecular flexibility index (Phi) is 6.32. The van der Waals surface area contributed by atoms with Crippen LogP contribution in [0, 0.1) is 5.82 Å². The summed E-state index contributed by atoms with van der Waals surface area (Å²) in [4.78, 5) is 12.4. The van der Waals surface area contributed by atoms with Crippen LogP contribution in [0.2, 0.25) is 5.02 Å². The highest BCUT2D eigenvalue weighted by atomic mass is 35.5. The Balaban J connectivity index is 1.64. The SMILES string of the molecule is C[C@H](Oc1ccc(-c2ccccc2)cc1Cl)C(=O)N[C@H](C)c1ccc(F)cc1. The lowest BCUT2D eigenvalue weighted by Crippen LogP contribution is -2.37. The largest absolute Gasteiger partial charge is 0.479 e. The number of carbonyl (C=O) groups excluding carboxylic acids is 1. The zero-order valence-electron chi connectivity index (χ0n) is 15.7. The van der Waals surface area contributed by atoms with E-state index in [-0.39, 0.29) is 17.8 Å². The number of hydrogen-bond donors (Lipinski definition) is 1. The number of carbonyl (C=O) groups is 1. The molecule has 3 nitrogen and oxygen atoms in total. The summed E-state index contributed by atoms with van der Waals surface area (Å²) in [5, 5.41) is 3.30. The molecule has 1 amide bonds. The molecule has 3 rings (SSSR count). The summed E-state index contributed by atoms with van der Waals surface area (Å²) in [6.45, 7) is 3.49. The lowest BCUT2D eigenvalue weighted by molar-refractivity contribution is -0.127. The minimum atomic E-state index is -0.733. The topological polar surface area (TPSA) is 38.3 Å². The Bertz CT molecular complexity index is 945. The third kappa shape index (κ3) is 4.90. The summed E-state index contributed by atoms with van der Waals surface area (Å²) < 4.78 is 18.8. The highest BCUT2D eigenvalue weighted by molar-refractivity contribution is 6.32. The van der Waals surface area contributed by atoms with Gasteiger partial charge in [-0.05, 0) is 54.8 Å². The van der Waals surface area contributed by atoms with Crippen molar-refractivity contribution in [3.63, 3.8) is 0 Å². The predicted octanol–water partition coefficient (Wildman–Crippen LogP) is 5.79. The van der Waals surface area contributed by atoms with Gasteiger partial charge in [-0.15, -0.1) is 0 Å². The number of halogens is 2. The van der Waals surface area contributed by atoms with Crippen molar-refractivity contribution < 1.29 is 13.9 Å². The Morgan fingerprint density at radius 3 is 2.29 bits per heavy atom. The van der Waals surface area contributed by atoms with Crippen molar-refractivity contribution in [3.05, 3.63) is 89.2 Å². The van der Waals surface area contributed by atoms with Crippen molar-refractivity contribution in [2.24, 2.45) is 0 Å². The van der Waals surface area contributed by atoms with Crippen LogP contribution in [0.5, 0.6) is 5.75 Å². The Labute approximate surface area is 169 Å². The first kappa shape index (κ1) is 19.9. The number of ether oxygens (including phenoxy) is 1. The Morgan fingerprint density at radius 1 is 0.964 bits per heavy atom. The summed E-state index contributed by atoms with van der Waals surface area (Å²) in [5.41, 5.74) is 2.84. The highest BCUT2D eigenvalue weighted by Gasteiger charge is 2.19. The van der Waals surface area contributed by atoms with Crippen LogP contribution in [0.4, 0.5) is 4.39 Å². The third-order valence-electron chi connectivity index (χ3n) is 4.44. The van der Waals surface area contributed by atoms with Gasteiger partial charge in [0, 0.05) is 0 Å². The molecule has 0 saturated heterocycles.